The molecule has 1 saturated carbocycles. The van der Waals surface area contributed by atoms with Gasteiger partial charge in [-0.25, -0.2) is 5.43 Å². The third-order valence-electron chi connectivity index (χ3n) is 3.77. The zero-order valence-electron chi connectivity index (χ0n) is 13.3. The van der Waals surface area contributed by atoms with Gasteiger partial charge in [-0.2, -0.15) is 5.10 Å². The first-order valence-corrected chi connectivity index (χ1v) is 7.79. The van der Waals surface area contributed by atoms with Gasteiger partial charge in [-0.15, -0.1) is 0 Å². The van der Waals surface area contributed by atoms with Crippen molar-refractivity contribution in [2.45, 2.75) is 19.8 Å². The van der Waals surface area contributed by atoms with Crippen LogP contribution in [0, 0.1) is 5.92 Å². The Bertz CT molecular complexity index is 765. The van der Waals surface area contributed by atoms with E-state index in [0.29, 0.717) is 11.3 Å². The Morgan fingerprint density at radius 1 is 1.12 bits per heavy atom. The summed E-state index contributed by atoms with van der Waals surface area (Å²) in [5.41, 5.74) is 5.26. The molecule has 1 aromatic carbocycles. The molecule has 1 aliphatic carbocycles. The molecule has 122 valence electrons. The molecule has 0 atom stereocenters. The topological polar surface area (TPSA) is 83.4 Å². The van der Waals surface area contributed by atoms with Crippen LogP contribution in [-0.2, 0) is 4.79 Å². The lowest BCUT2D eigenvalue weighted by Crippen LogP contribution is -2.19. The van der Waals surface area contributed by atoms with E-state index < -0.39 is 0 Å². The highest BCUT2D eigenvalue weighted by Gasteiger charge is 2.29. The van der Waals surface area contributed by atoms with Crippen LogP contribution in [-0.4, -0.2) is 22.5 Å². The van der Waals surface area contributed by atoms with Crippen LogP contribution in [0.1, 0.15) is 35.7 Å². The molecule has 0 unspecified atom stereocenters. The minimum atomic E-state index is -0.309. The molecule has 0 aliphatic heterocycles. The van der Waals surface area contributed by atoms with Gasteiger partial charge in [-0.05, 0) is 49.6 Å². The lowest BCUT2D eigenvalue weighted by Gasteiger charge is -2.06. The molecule has 0 bridgehead atoms. The molecule has 6 heteroatoms. The van der Waals surface area contributed by atoms with Crippen LogP contribution in [0.25, 0.3) is 0 Å². The summed E-state index contributed by atoms with van der Waals surface area (Å²) in [6.45, 7) is 1.81. The maximum atomic E-state index is 11.9. The highest BCUT2D eigenvalue weighted by Crippen LogP contribution is 2.30. The van der Waals surface area contributed by atoms with E-state index >= 15 is 0 Å². The molecular weight excluding hydrogens is 304 g/mol. The fraction of sp³-hybridized carbons (Fsp3) is 0.222. The van der Waals surface area contributed by atoms with Crippen molar-refractivity contribution in [3.05, 3.63) is 59.9 Å². The number of amides is 2. The molecule has 6 nitrogen and oxygen atoms in total. The maximum Gasteiger partial charge on any atom is 0.272 e. The average Bonchev–Trinajstić information content (AvgIpc) is 3.46. The van der Waals surface area contributed by atoms with Crippen molar-refractivity contribution in [1.82, 2.24) is 10.4 Å². The number of benzene rings is 1. The van der Waals surface area contributed by atoms with Crippen molar-refractivity contribution in [2.24, 2.45) is 11.0 Å². The Hall–Kier alpha value is -3.02. The lowest BCUT2D eigenvalue weighted by atomic mass is 10.1. The van der Waals surface area contributed by atoms with Gasteiger partial charge in [-0.3, -0.25) is 14.6 Å². The molecule has 2 N–H and O–H groups in total. The number of nitrogens with one attached hydrogen (secondary N) is 2. The Balaban J connectivity index is 1.60. The third-order valence-corrected chi connectivity index (χ3v) is 3.77. The van der Waals surface area contributed by atoms with Crippen LogP contribution in [0.5, 0.6) is 0 Å². The fourth-order valence-corrected chi connectivity index (χ4v) is 2.15. The van der Waals surface area contributed by atoms with E-state index in [2.05, 4.69) is 20.8 Å². The van der Waals surface area contributed by atoms with Crippen LogP contribution in [0.4, 0.5) is 5.69 Å². The Morgan fingerprint density at radius 3 is 2.50 bits per heavy atom. The number of hydrogen-bond donors (Lipinski definition) is 2. The zero-order chi connectivity index (χ0) is 16.9. The van der Waals surface area contributed by atoms with Gasteiger partial charge in [0.25, 0.3) is 5.91 Å². The molecule has 1 aliphatic rings. The molecule has 0 radical (unpaired) electrons. The molecule has 0 spiro atoms. The SMILES string of the molecule is CC(=NNC(=O)c1cccnc1)c1ccc(NC(=O)C2CC2)cc1. The largest absolute Gasteiger partial charge is 0.326 e. The van der Waals surface area contributed by atoms with E-state index in [0.717, 1.165) is 24.1 Å². The quantitative estimate of drug-likeness (QED) is 0.655. The molecule has 0 saturated heterocycles. The monoisotopic (exact) mass is 322 g/mol. The molecule has 1 fully saturated rings. The van der Waals surface area contributed by atoms with Gasteiger partial charge in [0.15, 0.2) is 0 Å². The van der Waals surface area contributed by atoms with Crippen LogP contribution >= 0.6 is 0 Å². The van der Waals surface area contributed by atoms with Crippen LogP contribution in [0.2, 0.25) is 0 Å². The first-order chi connectivity index (χ1) is 11.6. The number of hydrogen-bond acceptors (Lipinski definition) is 4. The number of nitrogens with zero attached hydrogens (tertiary/aromatic N) is 2. The summed E-state index contributed by atoms with van der Waals surface area (Å²) in [4.78, 5) is 27.5. The summed E-state index contributed by atoms with van der Waals surface area (Å²) in [5, 5.41) is 6.99. The third kappa shape index (κ3) is 4.04. The van der Waals surface area contributed by atoms with Gasteiger partial charge in [-0.1, -0.05) is 12.1 Å². The average molecular weight is 322 g/mol. The van der Waals surface area contributed by atoms with Crippen LogP contribution < -0.4 is 10.7 Å². The number of carbonyl (C=O) groups is 2. The molecule has 2 aromatic rings. The van der Waals surface area contributed by atoms with Gasteiger partial charge in [0.05, 0.1) is 11.3 Å². The van der Waals surface area contributed by atoms with Crippen molar-refractivity contribution in [3.63, 3.8) is 0 Å². The summed E-state index contributed by atoms with van der Waals surface area (Å²) < 4.78 is 0. The first kappa shape index (κ1) is 15.9. The second-order valence-electron chi connectivity index (χ2n) is 5.72. The van der Waals surface area contributed by atoms with Gasteiger partial charge in [0.2, 0.25) is 5.91 Å². The Labute approximate surface area is 140 Å². The number of carbonyl (C=O) groups excluding carboxylic acids is 2. The number of pyridine rings is 1. The second-order valence-corrected chi connectivity index (χ2v) is 5.72. The molecule has 3 rings (SSSR count). The predicted molar refractivity (Wildman–Crippen MR) is 91.7 cm³/mol. The van der Waals surface area contributed by atoms with Gasteiger partial charge < -0.3 is 5.32 Å². The zero-order valence-corrected chi connectivity index (χ0v) is 13.3. The van der Waals surface area contributed by atoms with Gasteiger partial charge in [0.1, 0.15) is 0 Å². The van der Waals surface area contributed by atoms with Crippen molar-refractivity contribution in [3.8, 4) is 0 Å². The number of anilines is 1. The Morgan fingerprint density at radius 2 is 1.88 bits per heavy atom. The van der Waals surface area contributed by atoms with E-state index in [1.165, 1.54) is 6.20 Å². The summed E-state index contributed by atoms with van der Waals surface area (Å²) in [6, 6.07) is 10.7. The summed E-state index contributed by atoms with van der Waals surface area (Å²) >= 11 is 0. The number of hydrazone groups is 1. The van der Waals surface area contributed by atoms with Crippen molar-refractivity contribution < 1.29 is 9.59 Å². The molecular formula is C18H18N4O2. The van der Waals surface area contributed by atoms with Crippen LogP contribution in [0.15, 0.2) is 53.9 Å². The molecule has 1 aromatic heterocycles. The number of aromatic nitrogens is 1. The van der Waals surface area contributed by atoms with Gasteiger partial charge >= 0.3 is 0 Å². The van der Waals surface area contributed by atoms with Crippen molar-refractivity contribution in [1.29, 1.82) is 0 Å². The van der Waals surface area contributed by atoms with Gasteiger partial charge in [0, 0.05) is 24.0 Å². The highest BCUT2D eigenvalue weighted by atomic mass is 16.2. The van der Waals surface area contributed by atoms with Crippen molar-refractivity contribution >= 4 is 23.2 Å². The standard InChI is InChI=1S/C18H18N4O2/c1-12(21-22-18(24)15-3-2-10-19-11-15)13-6-8-16(9-7-13)20-17(23)14-4-5-14/h2-3,6-11,14H,4-5H2,1H3,(H,20,23)(H,22,24). The molecule has 1 heterocycles. The molecule has 2 amide bonds. The van der Waals surface area contributed by atoms with Crippen molar-refractivity contribution in [2.75, 3.05) is 5.32 Å². The Kier molecular flexibility index (Phi) is 4.65. The minimum Gasteiger partial charge on any atom is -0.326 e. The summed E-state index contributed by atoms with van der Waals surface area (Å²) in [5.74, 6) is -0.0525. The normalized spacial score (nSPS) is 14.1. The smallest absolute Gasteiger partial charge is 0.272 e. The van der Waals surface area contributed by atoms with E-state index in [4.69, 9.17) is 0 Å². The van der Waals surface area contributed by atoms with E-state index in [9.17, 15) is 9.59 Å². The number of rotatable bonds is 5. The lowest BCUT2D eigenvalue weighted by molar-refractivity contribution is -0.117. The fourth-order valence-electron chi connectivity index (χ4n) is 2.15. The van der Waals surface area contributed by atoms with E-state index in [1.54, 1.807) is 25.3 Å². The summed E-state index contributed by atoms with van der Waals surface area (Å²) in [7, 11) is 0. The van der Waals surface area contributed by atoms with Crippen LogP contribution in [0.3, 0.4) is 0 Å². The predicted octanol–water partition coefficient (Wildman–Crippen LogP) is 2.58. The van der Waals surface area contributed by atoms with E-state index in [1.807, 2.05) is 24.3 Å². The van der Waals surface area contributed by atoms with E-state index in [-0.39, 0.29) is 17.7 Å². The maximum absolute atomic E-state index is 11.9. The highest BCUT2D eigenvalue weighted by molar-refractivity contribution is 6.01. The second kappa shape index (κ2) is 7.04. The first-order valence-electron chi connectivity index (χ1n) is 7.79. The molecule has 24 heavy (non-hydrogen) atoms. The minimum absolute atomic E-state index is 0.0804. The summed E-state index contributed by atoms with van der Waals surface area (Å²) in [6.07, 6.45) is 5.05.